The average molecular weight is 355 g/mol. The summed E-state index contributed by atoms with van der Waals surface area (Å²) in [6, 6.07) is 0. The second-order valence-electron chi connectivity index (χ2n) is 3.24. The molecule has 1 N–H and O–H groups in total. The summed E-state index contributed by atoms with van der Waals surface area (Å²) < 4.78 is 0.437. The number of rotatable bonds is 5. The molecular weight excluding hydrogens is 346 g/mol. The summed E-state index contributed by atoms with van der Waals surface area (Å²) in [6.45, 7) is 0.245. The molecule has 0 bridgehead atoms. The van der Waals surface area contributed by atoms with Gasteiger partial charge in [0.1, 0.15) is 8.96 Å². The van der Waals surface area contributed by atoms with E-state index >= 15 is 0 Å². The van der Waals surface area contributed by atoms with Crippen LogP contribution in [0.3, 0.4) is 0 Å². The number of unbranched alkanes of at least 4 members (excludes halogenated alkanes) is 1. The van der Waals surface area contributed by atoms with Gasteiger partial charge in [0, 0.05) is 13.0 Å². The lowest BCUT2D eigenvalue weighted by atomic mass is 10.2. The molecule has 0 aromatic rings. The Labute approximate surface area is 109 Å². The van der Waals surface area contributed by atoms with E-state index in [0.29, 0.717) is 12.8 Å². The Morgan fingerprint density at radius 3 is 2.06 bits per heavy atom. The summed E-state index contributed by atoms with van der Waals surface area (Å²) in [4.78, 5) is 34.4. The number of amides is 2. The van der Waals surface area contributed by atoms with Crippen LogP contribution in [0.15, 0.2) is 8.96 Å². The number of carbonyl (C=O) groups excluding carboxylic acids is 2. The summed E-state index contributed by atoms with van der Waals surface area (Å²) in [5, 5.41) is 8.42. The van der Waals surface area contributed by atoms with E-state index in [4.69, 9.17) is 5.11 Å². The van der Waals surface area contributed by atoms with Crippen molar-refractivity contribution in [2.45, 2.75) is 19.3 Å². The van der Waals surface area contributed by atoms with Gasteiger partial charge in [-0.25, -0.2) is 0 Å². The van der Waals surface area contributed by atoms with Crippen molar-refractivity contribution in [3.63, 3.8) is 0 Å². The van der Waals surface area contributed by atoms with E-state index in [9.17, 15) is 14.4 Å². The van der Waals surface area contributed by atoms with Crippen LogP contribution < -0.4 is 0 Å². The lowest BCUT2D eigenvalue weighted by molar-refractivity contribution is -0.137. The first-order valence-corrected chi connectivity index (χ1v) is 6.17. The summed E-state index contributed by atoms with van der Waals surface area (Å²) in [6.07, 6.45) is 0.984. The number of carboxylic acids is 1. The molecule has 1 heterocycles. The van der Waals surface area contributed by atoms with Crippen LogP contribution in [0, 0.1) is 0 Å². The van der Waals surface area contributed by atoms with E-state index in [-0.39, 0.29) is 33.7 Å². The molecule has 0 aromatic carbocycles. The SMILES string of the molecule is O=C(O)CCCCN1C(=O)C(Br)=C(Br)C1=O. The van der Waals surface area contributed by atoms with Crippen LogP contribution in [-0.2, 0) is 14.4 Å². The highest BCUT2D eigenvalue weighted by Gasteiger charge is 2.35. The van der Waals surface area contributed by atoms with Crippen LogP contribution in [0.4, 0.5) is 0 Å². The molecule has 5 nitrogen and oxygen atoms in total. The van der Waals surface area contributed by atoms with Gasteiger partial charge in [-0.1, -0.05) is 0 Å². The molecule has 88 valence electrons. The van der Waals surface area contributed by atoms with E-state index in [1.165, 1.54) is 0 Å². The van der Waals surface area contributed by atoms with Crippen LogP contribution >= 0.6 is 31.9 Å². The molecule has 0 aromatic heterocycles. The quantitative estimate of drug-likeness (QED) is 0.601. The van der Waals surface area contributed by atoms with Gasteiger partial charge in [0.25, 0.3) is 11.8 Å². The number of hydrogen-bond acceptors (Lipinski definition) is 3. The summed E-state index contributed by atoms with van der Waals surface area (Å²) >= 11 is 6.02. The standard InChI is InChI=1S/C9H9Br2NO4/c10-6-7(11)9(16)12(8(6)15)4-2-1-3-5(13)14/h1-4H2,(H,13,14). The first kappa shape index (κ1) is 13.4. The van der Waals surface area contributed by atoms with Crippen molar-refractivity contribution in [3.05, 3.63) is 8.96 Å². The highest BCUT2D eigenvalue weighted by molar-refractivity contribution is 9.14. The van der Waals surface area contributed by atoms with Crippen LogP contribution in [0.1, 0.15) is 19.3 Å². The Morgan fingerprint density at radius 2 is 1.62 bits per heavy atom. The molecule has 2 amide bonds. The fraction of sp³-hybridized carbons (Fsp3) is 0.444. The van der Waals surface area contributed by atoms with Gasteiger partial charge in [-0.3, -0.25) is 19.3 Å². The average Bonchev–Trinajstić information content (AvgIpc) is 2.40. The zero-order chi connectivity index (χ0) is 12.3. The summed E-state index contributed by atoms with van der Waals surface area (Å²) in [5.41, 5.74) is 0. The molecule has 0 spiro atoms. The lowest BCUT2D eigenvalue weighted by Gasteiger charge is -2.13. The van der Waals surface area contributed by atoms with Crippen molar-refractivity contribution in [3.8, 4) is 0 Å². The number of aliphatic carboxylic acids is 1. The predicted molar refractivity (Wildman–Crippen MR) is 63.1 cm³/mol. The van der Waals surface area contributed by atoms with Crippen LogP contribution in [0.5, 0.6) is 0 Å². The van der Waals surface area contributed by atoms with Gasteiger partial charge in [0.15, 0.2) is 0 Å². The molecule has 1 aliphatic heterocycles. The summed E-state index contributed by atoms with van der Waals surface area (Å²) in [7, 11) is 0. The van der Waals surface area contributed by atoms with Crippen molar-refractivity contribution in [2.75, 3.05) is 6.54 Å². The number of nitrogens with zero attached hydrogens (tertiary/aromatic N) is 1. The predicted octanol–water partition coefficient (Wildman–Crippen LogP) is 1.61. The molecule has 16 heavy (non-hydrogen) atoms. The molecule has 1 rings (SSSR count). The molecule has 7 heteroatoms. The Morgan fingerprint density at radius 1 is 1.12 bits per heavy atom. The minimum Gasteiger partial charge on any atom is -0.481 e. The van der Waals surface area contributed by atoms with Crippen molar-refractivity contribution in [2.24, 2.45) is 0 Å². The number of halogens is 2. The van der Waals surface area contributed by atoms with Crippen LogP contribution in [0.25, 0.3) is 0 Å². The third-order valence-electron chi connectivity index (χ3n) is 2.08. The first-order valence-electron chi connectivity index (χ1n) is 4.58. The lowest BCUT2D eigenvalue weighted by Crippen LogP contribution is -2.32. The van der Waals surface area contributed by atoms with Crippen molar-refractivity contribution < 1.29 is 19.5 Å². The molecule has 0 saturated carbocycles. The van der Waals surface area contributed by atoms with E-state index in [2.05, 4.69) is 31.9 Å². The van der Waals surface area contributed by atoms with Crippen LogP contribution in [-0.4, -0.2) is 34.3 Å². The van der Waals surface area contributed by atoms with E-state index < -0.39 is 5.97 Å². The third kappa shape index (κ3) is 2.91. The van der Waals surface area contributed by atoms with E-state index in [1.54, 1.807) is 0 Å². The number of imide groups is 1. The largest absolute Gasteiger partial charge is 0.481 e. The van der Waals surface area contributed by atoms with Gasteiger partial charge >= 0.3 is 5.97 Å². The van der Waals surface area contributed by atoms with Crippen molar-refractivity contribution in [1.82, 2.24) is 4.90 Å². The number of carbonyl (C=O) groups is 3. The Kier molecular flexibility index (Phi) is 4.67. The Bertz CT molecular complexity index is 354. The highest BCUT2D eigenvalue weighted by atomic mass is 79.9. The molecule has 0 radical (unpaired) electrons. The van der Waals surface area contributed by atoms with Crippen LogP contribution in [0.2, 0.25) is 0 Å². The number of hydrogen-bond donors (Lipinski definition) is 1. The maximum Gasteiger partial charge on any atom is 0.303 e. The summed E-state index contributed by atoms with van der Waals surface area (Å²) in [5.74, 6) is -1.64. The van der Waals surface area contributed by atoms with Gasteiger partial charge < -0.3 is 5.11 Å². The minimum atomic E-state index is -0.875. The Balaban J connectivity index is 2.43. The molecule has 1 aliphatic rings. The van der Waals surface area contributed by atoms with Gasteiger partial charge in [-0.2, -0.15) is 0 Å². The van der Waals surface area contributed by atoms with Gasteiger partial charge in [-0.15, -0.1) is 0 Å². The zero-order valence-electron chi connectivity index (χ0n) is 8.20. The Hall–Kier alpha value is -0.690. The normalized spacial score (nSPS) is 16.2. The first-order chi connectivity index (χ1) is 7.45. The molecule has 0 saturated heterocycles. The fourth-order valence-corrected chi connectivity index (χ4v) is 2.03. The second kappa shape index (κ2) is 5.58. The van der Waals surface area contributed by atoms with E-state index in [1.807, 2.05) is 0 Å². The second-order valence-corrected chi connectivity index (χ2v) is 4.83. The zero-order valence-corrected chi connectivity index (χ0v) is 11.4. The molecule has 0 atom stereocenters. The van der Waals surface area contributed by atoms with E-state index in [0.717, 1.165) is 4.90 Å². The maximum atomic E-state index is 11.5. The molecule has 0 aliphatic carbocycles. The smallest absolute Gasteiger partial charge is 0.303 e. The topological polar surface area (TPSA) is 74.7 Å². The minimum absolute atomic E-state index is 0.0476. The molecular formula is C9H9Br2NO4. The van der Waals surface area contributed by atoms with Gasteiger partial charge in [-0.05, 0) is 44.7 Å². The van der Waals surface area contributed by atoms with Crippen molar-refractivity contribution in [1.29, 1.82) is 0 Å². The highest BCUT2D eigenvalue weighted by Crippen LogP contribution is 2.29. The fourth-order valence-electron chi connectivity index (χ4n) is 1.27. The van der Waals surface area contributed by atoms with Gasteiger partial charge in [0.2, 0.25) is 0 Å². The third-order valence-corrected chi connectivity index (χ3v) is 4.08. The van der Waals surface area contributed by atoms with Crippen molar-refractivity contribution >= 4 is 49.6 Å². The molecule has 0 fully saturated rings. The molecule has 0 unspecified atom stereocenters. The monoisotopic (exact) mass is 353 g/mol. The number of carboxylic acid groups (broad SMARTS) is 1. The van der Waals surface area contributed by atoms with Gasteiger partial charge in [0.05, 0.1) is 0 Å². The maximum absolute atomic E-state index is 11.5.